The van der Waals surface area contributed by atoms with Crippen LogP contribution in [0, 0.1) is 18.7 Å². The second kappa shape index (κ2) is 9.52. The van der Waals surface area contributed by atoms with E-state index >= 15 is 0 Å². The number of benzene rings is 1. The monoisotopic (exact) mass is 458 g/mol. The summed E-state index contributed by atoms with van der Waals surface area (Å²) in [5.74, 6) is 0.606. The molecule has 3 heterocycles. The molecule has 0 bridgehead atoms. The summed E-state index contributed by atoms with van der Waals surface area (Å²) in [6.07, 6.45) is 2.31. The van der Waals surface area contributed by atoms with Crippen molar-refractivity contribution < 1.29 is 13.9 Å². The van der Waals surface area contributed by atoms with Gasteiger partial charge in [-0.1, -0.05) is 17.7 Å². The maximum Gasteiger partial charge on any atom is 0.318 e. The maximum absolute atomic E-state index is 14.2. The minimum atomic E-state index is -0.665. The van der Waals surface area contributed by atoms with Crippen molar-refractivity contribution >= 4 is 29.1 Å². The second-order valence-corrected chi connectivity index (χ2v) is 8.24. The zero-order valence-electron chi connectivity index (χ0n) is 17.9. The number of carbonyl (C=O) groups is 1. The number of aryl methyl sites for hydroxylation is 1. The Labute approximate surface area is 190 Å². The molecule has 2 aromatic heterocycles. The highest BCUT2D eigenvalue weighted by atomic mass is 35.5. The van der Waals surface area contributed by atoms with Gasteiger partial charge in [0.1, 0.15) is 5.82 Å². The number of ether oxygens (including phenoxy) is 1. The highest BCUT2D eigenvalue weighted by Crippen LogP contribution is 2.26. The summed E-state index contributed by atoms with van der Waals surface area (Å²) in [5.41, 5.74) is 1.80. The van der Waals surface area contributed by atoms with E-state index in [0.717, 1.165) is 30.7 Å². The number of nitrogens with zero attached hydrogens (tertiary/aromatic N) is 4. The largest absolute Gasteiger partial charge is 0.467 e. The van der Waals surface area contributed by atoms with Gasteiger partial charge >= 0.3 is 6.01 Å². The number of nitrogens with one attached hydrogen (secondary N) is 2. The number of hydrogen-bond acceptors (Lipinski definition) is 6. The molecule has 32 heavy (non-hydrogen) atoms. The van der Waals surface area contributed by atoms with Crippen LogP contribution in [0.5, 0.6) is 6.01 Å². The molecule has 0 spiro atoms. The lowest BCUT2D eigenvalue weighted by Gasteiger charge is -2.32. The van der Waals surface area contributed by atoms with Crippen LogP contribution >= 0.6 is 11.6 Å². The molecule has 1 aliphatic rings. The lowest BCUT2D eigenvalue weighted by molar-refractivity contribution is 0.0685. The zero-order valence-corrected chi connectivity index (χ0v) is 18.6. The number of rotatable bonds is 6. The van der Waals surface area contributed by atoms with Gasteiger partial charge in [0.05, 0.1) is 23.4 Å². The van der Waals surface area contributed by atoms with Gasteiger partial charge in [0, 0.05) is 30.9 Å². The summed E-state index contributed by atoms with van der Waals surface area (Å²) in [7, 11) is 1.53. The Kier molecular flexibility index (Phi) is 6.55. The van der Waals surface area contributed by atoms with E-state index in [0.29, 0.717) is 30.6 Å². The summed E-state index contributed by atoms with van der Waals surface area (Å²) >= 11 is 5.82. The number of hydrogen-bond donors (Lipinski definition) is 2. The minimum absolute atomic E-state index is 0.0146. The molecule has 0 saturated carbocycles. The van der Waals surface area contributed by atoms with Crippen molar-refractivity contribution in [1.29, 1.82) is 0 Å². The third-order valence-electron chi connectivity index (χ3n) is 5.48. The molecule has 10 heteroatoms. The van der Waals surface area contributed by atoms with Crippen molar-refractivity contribution in [2.75, 3.05) is 25.5 Å². The Morgan fingerprint density at radius 1 is 1.28 bits per heavy atom. The van der Waals surface area contributed by atoms with Crippen LogP contribution < -0.4 is 10.1 Å². The smallest absolute Gasteiger partial charge is 0.318 e. The molecule has 0 atom stereocenters. The number of anilines is 2. The molecule has 0 aliphatic carbocycles. The van der Waals surface area contributed by atoms with Crippen molar-refractivity contribution in [1.82, 2.24) is 25.1 Å². The van der Waals surface area contributed by atoms with Gasteiger partial charge in [0.25, 0.3) is 5.91 Å². The molecule has 168 valence electrons. The molecule has 4 rings (SSSR count). The van der Waals surface area contributed by atoms with Gasteiger partial charge in [-0.3, -0.25) is 9.89 Å². The van der Waals surface area contributed by atoms with Gasteiger partial charge in [0.2, 0.25) is 0 Å². The normalized spacial score (nSPS) is 14.4. The third kappa shape index (κ3) is 4.99. The molecule has 8 nitrogen and oxygen atoms in total. The summed E-state index contributed by atoms with van der Waals surface area (Å²) in [5, 5.41) is 10.2. The first kappa shape index (κ1) is 22.0. The molecule has 0 radical (unpaired) electrons. The molecule has 1 fully saturated rings. The number of halogens is 2. The first-order chi connectivity index (χ1) is 15.4. The molecular formula is C22H24ClFN6O2. The first-order valence-corrected chi connectivity index (χ1v) is 10.7. The molecule has 1 aliphatic heterocycles. The number of H-pyrrole nitrogens is 1. The predicted octanol–water partition coefficient (Wildman–Crippen LogP) is 4.15. The van der Waals surface area contributed by atoms with Crippen LogP contribution in [0.1, 0.15) is 34.6 Å². The zero-order chi connectivity index (χ0) is 22.7. The average molecular weight is 459 g/mol. The number of piperidine rings is 1. The van der Waals surface area contributed by atoms with Crippen LogP contribution in [0.15, 0.2) is 30.3 Å². The number of amides is 1. The number of methoxy groups -OCH3 is 1. The second-order valence-electron chi connectivity index (χ2n) is 7.83. The fraction of sp³-hybridized carbons (Fsp3) is 0.364. The van der Waals surface area contributed by atoms with Crippen LogP contribution in [0.3, 0.4) is 0 Å². The van der Waals surface area contributed by atoms with Crippen molar-refractivity contribution in [3.8, 4) is 6.01 Å². The van der Waals surface area contributed by atoms with E-state index < -0.39 is 5.82 Å². The third-order valence-corrected chi connectivity index (χ3v) is 5.78. The van der Waals surface area contributed by atoms with E-state index in [9.17, 15) is 9.18 Å². The summed E-state index contributed by atoms with van der Waals surface area (Å²) in [6, 6.07) is 8.53. The molecular weight excluding hydrogens is 435 g/mol. The Hall–Kier alpha value is -3.20. The molecule has 1 amide bonds. The lowest BCUT2D eigenvalue weighted by atomic mass is 9.91. The maximum atomic E-state index is 14.2. The summed E-state index contributed by atoms with van der Waals surface area (Å²) < 4.78 is 19.5. The van der Waals surface area contributed by atoms with Crippen molar-refractivity contribution in [2.24, 2.45) is 5.92 Å². The summed E-state index contributed by atoms with van der Waals surface area (Å²) in [4.78, 5) is 23.2. The van der Waals surface area contributed by atoms with Gasteiger partial charge in [-0.2, -0.15) is 10.1 Å². The van der Waals surface area contributed by atoms with E-state index in [2.05, 4.69) is 25.5 Å². The van der Waals surface area contributed by atoms with E-state index in [4.69, 9.17) is 16.3 Å². The molecule has 3 aromatic rings. The predicted molar refractivity (Wildman–Crippen MR) is 119 cm³/mol. The average Bonchev–Trinajstić information content (AvgIpc) is 3.20. The standard InChI is InChI=1S/C22H24ClFN6O2/c1-13-10-19(29-28-13)26-18-12-15(25-22(27-18)32-2)11-14-6-8-30(9-7-14)21(31)16-4-3-5-17(23)20(16)24/h3-5,10,12,14H,6-9,11H2,1-2H3,(H2,25,26,27,28,29). The number of carbonyl (C=O) groups excluding carboxylic acids is 1. The lowest BCUT2D eigenvalue weighted by Crippen LogP contribution is -2.39. The van der Waals surface area contributed by atoms with E-state index in [1.165, 1.54) is 19.2 Å². The SMILES string of the molecule is COc1nc(CC2CCN(C(=O)c3cccc(Cl)c3F)CC2)cc(Nc2cc(C)[nH]n2)n1. The van der Waals surface area contributed by atoms with Crippen LogP contribution in [-0.2, 0) is 6.42 Å². The van der Waals surface area contributed by atoms with Crippen molar-refractivity contribution in [2.45, 2.75) is 26.2 Å². The van der Waals surface area contributed by atoms with Crippen molar-refractivity contribution in [3.63, 3.8) is 0 Å². The van der Waals surface area contributed by atoms with Gasteiger partial charge < -0.3 is 15.0 Å². The van der Waals surface area contributed by atoms with Crippen LogP contribution in [-0.4, -0.2) is 51.2 Å². The molecule has 0 unspecified atom stereocenters. The molecule has 1 saturated heterocycles. The van der Waals surface area contributed by atoms with Gasteiger partial charge in [0.15, 0.2) is 11.6 Å². The van der Waals surface area contributed by atoms with Gasteiger partial charge in [-0.05, 0) is 44.2 Å². The van der Waals surface area contributed by atoms with E-state index in [1.807, 2.05) is 19.1 Å². The number of likely N-dealkylation sites (tertiary alicyclic amines) is 1. The minimum Gasteiger partial charge on any atom is -0.467 e. The van der Waals surface area contributed by atoms with E-state index in [1.54, 1.807) is 11.0 Å². The fourth-order valence-electron chi connectivity index (χ4n) is 3.82. The number of aromatic nitrogens is 4. The van der Waals surface area contributed by atoms with Crippen LogP contribution in [0.2, 0.25) is 5.02 Å². The Morgan fingerprint density at radius 2 is 2.06 bits per heavy atom. The molecule has 2 N–H and O–H groups in total. The quantitative estimate of drug-likeness (QED) is 0.576. The topological polar surface area (TPSA) is 96.0 Å². The van der Waals surface area contributed by atoms with Crippen molar-refractivity contribution in [3.05, 3.63) is 58.1 Å². The molecule has 1 aromatic carbocycles. The highest BCUT2D eigenvalue weighted by molar-refractivity contribution is 6.31. The van der Waals surface area contributed by atoms with Crippen LogP contribution in [0.4, 0.5) is 16.0 Å². The fourth-order valence-corrected chi connectivity index (χ4v) is 4.00. The number of aromatic amines is 1. The highest BCUT2D eigenvalue weighted by Gasteiger charge is 2.26. The van der Waals surface area contributed by atoms with E-state index in [-0.39, 0.29) is 22.5 Å². The first-order valence-electron chi connectivity index (χ1n) is 10.4. The van der Waals surface area contributed by atoms with Gasteiger partial charge in [-0.15, -0.1) is 0 Å². The van der Waals surface area contributed by atoms with Gasteiger partial charge in [-0.25, -0.2) is 9.37 Å². The Bertz CT molecular complexity index is 1110. The summed E-state index contributed by atoms with van der Waals surface area (Å²) in [6.45, 7) is 3.02. The Balaban J connectivity index is 1.39. The Morgan fingerprint density at radius 3 is 2.75 bits per heavy atom. The van der Waals surface area contributed by atoms with Crippen LogP contribution in [0.25, 0.3) is 0 Å².